The van der Waals surface area contributed by atoms with Crippen molar-refractivity contribution in [2.75, 3.05) is 16.8 Å². The average molecular weight is 430 g/mol. The van der Waals surface area contributed by atoms with Crippen LogP contribution in [0.25, 0.3) is 0 Å². The van der Waals surface area contributed by atoms with Gasteiger partial charge in [-0.05, 0) is 54.6 Å². The molecule has 0 atom stereocenters. The van der Waals surface area contributed by atoms with E-state index in [0.717, 1.165) is 32.6 Å². The van der Waals surface area contributed by atoms with E-state index in [2.05, 4.69) is 17.0 Å². The summed E-state index contributed by atoms with van der Waals surface area (Å²) in [7, 11) is 2.01. The molecular formula is C24H19N3OS2. The molecule has 1 fully saturated rings. The van der Waals surface area contributed by atoms with Crippen LogP contribution in [0.2, 0.25) is 0 Å². The van der Waals surface area contributed by atoms with Crippen molar-refractivity contribution < 1.29 is 4.79 Å². The number of hydrogen-bond acceptors (Lipinski definition) is 5. The van der Waals surface area contributed by atoms with Gasteiger partial charge >= 0.3 is 0 Å². The smallest absolute Gasteiger partial charge is 0.274 e. The number of para-hydroxylation sites is 3. The van der Waals surface area contributed by atoms with Crippen LogP contribution in [0.3, 0.4) is 0 Å². The maximum atomic E-state index is 13.6. The highest BCUT2D eigenvalue weighted by Crippen LogP contribution is 2.50. The Morgan fingerprint density at radius 3 is 2.30 bits per heavy atom. The molecule has 2 heterocycles. The largest absolute Gasteiger partial charge is 0.337 e. The number of anilines is 2. The maximum Gasteiger partial charge on any atom is 0.274 e. The first-order chi connectivity index (χ1) is 14.6. The lowest BCUT2D eigenvalue weighted by Gasteiger charge is -2.16. The molecule has 3 aromatic rings. The topological polar surface area (TPSA) is 35.9 Å². The number of carbonyl (C=O) groups is 1. The quantitative estimate of drug-likeness (QED) is 0.456. The highest BCUT2D eigenvalue weighted by Gasteiger charge is 2.40. The number of fused-ring (bicyclic) bond motifs is 1. The number of aryl methyl sites for hydroxylation is 1. The van der Waals surface area contributed by atoms with Crippen LogP contribution >= 0.6 is 23.5 Å². The molecule has 5 rings (SSSR count). The van der Waals surface area contributed by atoms with Crippen LogP contribution in [-0.2, 0) is 4.79 Å². The van der Waals surface area contributed by atoms with E-state index in [-0.39, 0.29) is 5.91 Å². The van der Waals surface area contributed by atoms with Crippen molar-refractivity contribution in [3.8, 4) is 0 Å². The second-order valence-corrected chi connectivity index (χ2v) is 9.03. The SMILES string of the molecule is Cc1ccccc1N=C1S/C(=C2\Sc3ccccc3N2C)C(=O)N1c1ccccc1. The van der Waals surface area contributed by atoms with Gasteiger partial charge in [0, 0.05) is 11.9 Å². The first-order valence-electron chi connectivity index (χ1n) is 9.60. The molecule has 148 valence electrons. The Bertz CT molecular complexity index is 1200. The predicted molar refractivity (Wildman–Crippen MR) is 128 cm³/mol. The minimum atomic E-state index is -0.0410. The van der Waals surface area contributed by atoms with Crippen molar-refractivity contribution >= 4 is 51.7 Å². The van der Waals surface area contributed by atoms with Crippen LogP contribution in [0.1, 0.15) is 5.56 Å². The third-order valence-electron chi connectivity index (χ3n) is 5.06. The fourth-order valence-corrected chi connectivity index (χ4v) is 5.81. The highest BCUT2D eigenvalue weighted by atomic mass is 32.2. The molecule has 2 aliphatic heterocycles. The molecule has 2 aliphatic rings. The zero-order valence-electron chi connectivity index (χ0n) is 16.6. The standard InChI is InChI=1S/C24H19N3OS2/c1-16-10-6-7-13-18(16)25-24-27(17-11-4-3-5-12-17)22(28)21(30-24)23-26(2)19-14-8-9-15-20(19)29-23/h3-15H,1-2H3/b23-21-,25-24?. The van der Waals surface area contributed by atoms with Gasteiger partial charge in [-0.15, -0.1) is 0 Å². The van der Waals surface area contributed by atoms with E-state index in [1.54, 1.807) is 16.7 Å². The molecule has 1 amide bonds. The molecule has 6 heteroatoms. The van der Waals surface area contributed by atoms with Crippen molar-refractivity contribution in [1.29, 1.82) is 0 Å². The van der Waals surface area contributed by atoms with E-state index in [0.29, 0.717) is 10.1 Å². The van der Waals surface area contributed by atoms with Crippen LogP contribution in [-0.4, -0.2) is 18.1 Å². The van der Waals surface area contributed by atoms with E-state index < -0.39 is 0 Å². The summed E-state index contributed by atoms with van der Waals surface area (Å²) in [6, 6.07) is 25.9. The average Bonchev–Trinajstić information content (AvgIpc) is 3.27. The van der Waals surface area contributed by atoms with E-state index in [9.17, 15) is 4.79 Å². The Labute approximate surface area is 184 Å². The Kier molecular flexibility index (Phi) is 4.89. The normalized spacial score (nSPS) is 19.7. The molecule has 0 spiro atoms. The fraction of sp³-hybridized carbons (Fsp3) is 0.0833. The van der Waals surface area contributed by atoms with E-state index >= 15 is 0 Å². The third kappa shape index (κ3) is 3.22. The van der Waals surface area contributed by atoms with Gasteiger partial charge in [0.15, 0.2) is 5.17 Å². The minimum Gasteiger partial charge on any atom is -0.337 e. The summed E-state index contributed by atoms with van der Waals surface area (Å²) >= 11 is 3.08. The Morgan fingerprint density at radius 1 is 0.833 bits per heavy atom. The zero-order valence-corrected chi connectivity index (χ0v) is 18.2. The lowest BCUT2D eigenvalue weighted by atomic mass is 10.2. The maximum absolute atomic E-state index is 13.6. The molecule has 0 unspecified atom stereocenters. The zero-order chi connectivity index (χ0) is 20.7. The van der Waals surface area contributed by atoms with Gasteiger partial charge < -0.3 is 4.90 Å². The summed E-state index contributed by atoms with van der Waals surface area (Å²) in [4.78, 5) is 24.2. The molecule has 3 aromatic carbocycles. The number of aliphatic imine (C=N–C) groups is 1. The lowest BCUT2D eigenvalue weighted by molar-refractivity contribution is -0.113. The molecule has 30 heavy (non-hydrogen) atoms. The Balaban J connectivity index is 1.63. The molecule has 0 N–H and O–H groups in total. The van der Waals surface area contributed by atoms with Crippen LogP contribution < -0.4 is 9.80 Å². The second-order valence-electron chi connectivity index (χ2n) is 7.02. The van der Waals surface area contributed by atoms with E-state index in [4.69, 9.17) is 4.99 Å². The van der Waals surface area contributed by atoms with Gasteiger partial charge in [0.05, 0.1) is 22.1 Å². The molecule has 0 aliphatic carbocycles. The Hall–Kier alpha value is -2.96. The number of carbonyl (C=O) groups excluding carboxylic acids is 1. The number of benzene rings is 3. The minimum absolute atomic E-state index is 0.0410. The van der Waals surface area contributed by atoms with Crippen molar-refractivity contribution in [1.82, 2.24) is 0 Å². The lowest BCUT2D eigenvalue weighted by Crippen LogP contribution is -2.29. The highest BCUT2D eigenvalue weighted by molar-refractivity contribution is 8.20. The second kappa shape index (κ2) is 7.70. The number of amidine groups is 1. The van der Waals surface area contributed by atoms with E-state index in [1.165, 1.54) is 11.8 Å². The van der Waals surface area contributed by atoms with Gasteiger partial charge in [-0.2, -0.15) is 0 Å². The summed E-state index contributed by atoms with van der Waals surface area (Å²) in [6.45, 7) is 2.03. The van der Waals surface area contributed by atoms with Crippen molar-refractivity contribution in [3.05, 3.63) is 94.4 Å². The first kappa shape index (κ1) is 19.0. The van der Waals surface area contributed by atoms with Gasteiger partial charge in [-0.1, -0.05) is 60.3 Å². The fourth-order valence-electron chi connectivity index (χ4n) is 3.47. The monoisotopic (exact) mass is 429 g/mol. The summed E-state index contributed by atoms with van der Waals surface area (Å²) in [5.41, 5.74) is 3.89. The Morgan fingerprint density at radius 2 is 1.53 bits per heavy atom. The van der Waals surface area contributed by atoms with Crippen molar-refractivity contribution in [2.24, 2.45) is 4.99 Å². The number of nitrogens with zero attached hydrogens (tertiary/aromatic N) is 3. The molecule has 4 nitrogen and oxygen atoms in total. The van der Waals surface area contributed by atoms with Crippen LogP contribution in [0, 0.1) is 6.92 Å². The number of rotatable bonds is 2. The molecule has 0 radical (unpaired) electrons. The van der Waals surface area contributed by atoms with Gasteiger partial charge in [0.25, 0.3) is 5.91 Å². The summed E-state index contributed by atoms with van der Waals surface area (Å²) in [5, 5.41) is 1.62. The molecule has 0 saturated carbocycles. The number of thioether (sulfide) groups is 2. The number of hydrogen-bond donors (Lipinski definition) is 0. The first-order valence-corrected chi connectivity index (χ1v) is 11.2. The molecular weight excluding hydrogens is 410 g/mol. The van der Waals surface area contributed by atoms with E-state index in [1.807, 2.05) is 80.7 Å². The van der Waals surface area contributed by atoms with Crippen LogP contribution in [0.4, 0.5) is 17.1 Å². The van der Waals surface area contributed by atoms with Crippen LogP contribution in [0.15, 0.2) is 98.7 Å². The summed E-state index contributed by atoms with van der Waals surface area (Å²) in [6.07, 6.45) is 0. The van der Waals surface area contributed by atoms with Crippen LogP contribution in [0.5, 0.6) is 0 Å². The summed E-state index contributed by atoms with van der Waals surface area (Å²) in [5.74, 6) is -0.0410. The molecule has 1 saturated heterocycles. The van der Waals surface area contributed by atoms with Crippen molar-refractivity contribution in [3.63, 3.8) is 0 Å². The summed E-state index contributed by atoms with van der Waals surface area (Å²) < 4.78 is 0. The molecule has 0 bridgehead atoms. The number of amides is 1. The van der Waals surface area contributed by atoms with Gasteiger partial charge in [-0.25, -0.2) is 4.99 Å². The predicted octanol–water partition coefficient (Wildman–Crippen LogP) is 6.17. The van der Waals surface area contributed by atoms with Gasteiger partial charge in [0.1, 0.15) is 4.91 Å². The van der Waals surface area contributed by atoms with Crippen molar-refractivity contribution in [2.45, 2.75) is 11.8 Å². The van der Waals surface area contributed by atoms with Gasteiger partial charge in [0.2, 0.25) is 0 Å². The van der Waals surface area contributed by atoms with Gasteiger partial charge in [-0.3, -0.25) is 9.69 Å². The third-order valence-corrected chi connectivity index (χ3v) is 7.45. The molecule has 0 aromatic heterocycles.